The average Bonchev–Trinajstić information content (AvgIpc) is 2.48. The summed E-state index contributed by atoms with van der Waals surface area (Å²) in [6.45, 7) is 1.99. The van der Waals surface area contributed by atoms with Gasteiger partial charge in [0.2, 0.25) is 0 Å². The van der Waals surface area contributed by atoms with Crippen LogP contribution in [0, 0.1) is 6.92 Å². The monoisotopic (exact) mass is 273 g/mol. The Morgan fingerprint density at radius 2 is 1.85 bits per heavy atom. The van der Waals surface area contributed by atoms with Gasteiger partial charge in [0, 0.05) is 18.3 Å². The van der Waals surface area contributed by atoms with Crippen LogP contribution in [-0.2, 0) is 6.42 Å². The number of aryl methyl sites for hydroxylation is 1. The molecule has 1 aromatic carbocycles. The minimum atomic E-state index is -0.620. The summed E-state index contributed by atoms with van der Waals surface area (Å²) in [5, 5.41) is 10.3. The molecule has 0 aliphatic rings. The SMILES string of the molecule is COc1ccc(C(O)Cc2ccc(C)cn2)cc1OC. The van der Waals surface area contributed by atoms with Crippen molar-refractivity contribution < 1.29 is 14.6 Å². The molecule has 2 aromatic rings. The predicted molar refractivity (Wildman–Crippen MR) is 77.2 cm³/mol. The first-order valence-electron chi connectivity index (χ1n) is 6.45. The molecule has 1 unspecified atom stereocenters. The van der Waals surface area contributed by atoms with E-state index in [4.69, 9.17) is 9.47 Å². The van der Waals surface area contributed by atoms with E-state index in [1.807, 2.05) is 25.1 Å². The first-order valence-corrected chi connectivity index (χ1v) is 6.45. The van der Waals surface area contributed by atoms with E-state index < -0.39 is 6.10 Å². The molecule has 1 N–H and O–H groups in total. The predicted octanol–water partition coefficient (Wildman–Crippen LogP) is 2.68. The molecule has 0 aliphatic heterocycles. The van der Waals surface area contributed by atoms with Crippen LogP contribution in [0.15, 0.2) is 36.5 Å². The second-order valence-electron chi connectivity index (χ2n) is 4.66. The lowest BCUT2D eigenvalue weighted by molar-refractivity contribution is 0.176. The first kappa shape index (κ1) is 14.3. The maximum atomic E-state index is 10.3. The molecule has 0 aliphatic carbocycles. The van der Waals surface area contributed by atoms with Gasteiger partial charge in [-0.1, -0.05) is 12.1 Å². The highest BCUT2D eigenvalue weighted by Crippen LogP contribution is 2.30. The number of benzene rings is 1. The Morgan fingerprint density at radius 1 is 1.10 bits per heavy atom. The summed E-state index contributed by atoms with van der Waals surface area (Å²) in [5.41, 5.74) is 2.75. The quantitative estimate of drug-likeness (QED) is 0.910. The number of aromatic nitrogens is 1. The third kappa shape index (κ3) is 3.27. The Labute approximate surface area is 119 Å². The number of rotatable bonds is 5. The Kier molecular flexibility index (Phi) is 4.58. The number of nitrogens with zero attached hydrogens (tertiary/aromatic N) is 1. The van der Waals surface area contributed by atoms with Crippen LogP contribution in [-0.4, -0.2) is 24.3 Å². The third-order valence-electron chi connectivity index (χ3n) is 3.17. The molecule has 2 rings (SSSR count). The number of ether oxygens (including phenoxy) is 2. The molecule has 0 saturated carbocycles. The van der Waals surface area contributed by atoms with Crippen molar-refractivity contribution in [2.75, 3.05) is 14.2 Å². The van der Waals surface area contributed by atoms with Gasteiger partial charge in [0.05, 0.1) is 20.3 Å². The zero-order valence-electron chi connectivity index (χ0n) is 12.0. The van der Waals surface area contributed by atoms with Crippen molar-refractivity contribution in [2.45, 2.75) is 19.4 Å². The number of aliphatic hydroxyl groups excluding tert-OH is 1. The van der Waals surface area contributed by atoms with Crippen LogP contribution in [0.3, 0.4) is 0 Å². The number of hydrogen-bond donors (Lipinski definition) is 1. The molecule has 106 valence electrons. The highest BCUT2D eigenvalue weighted by Gasteiger charge is 2.13. The van der Waals surface area contributed by atoms with E-state index >= 15 is 0 Å². The molecule has 4 heteroatoms. The molecular formula is C16H19NO3. The smallest absolute Gasteiger partial charge is 0.161 e. The maximum absolute atomic E-state index is 10.3. The molecule has 1 heterocycles. The second-order valence-corrected chi connectivity index (χ2v) is 4.66. The second kappa shape index (κ2) is 6.39. The lowest BCUT2D eigenvalue weighted by Crippen LogP contribution is -2.04. The third-order valence-corrected chi connectivity index (χ3v) is 3.17. The van der Waals surface area contributed by atoms with Crippen molar-refractivity contribution in [3.8, 4) is 11.5 Å². The van der Waals surface area contributed by atoms with Crippen LogP contribution in [0.25, 0.3) is 0 Å². The van der Waals surface area contributed by atoms with Crippen LogP contribution < -0.4 is 9.47 Å². The van der Waals surface area contributed by atoms with E-state index in [0.29, 0.717) is 17.9 Å². The highest BCUT2D eigenvalue weighted by atomic mass is 16.5. The number of pyridine rings is 1. The summed E-state index contributed by atoms with van der Waals surface area (Å²) in [6.07, 6.45) is 1.65. The summed E-state index contributed by atoms with van der Waals surface area (Å²) >= 11 is 0. The van der Waals surface area contributed by atoms with E-state index in [0.717, 1.165) is 16.8 Å². The van der Waals surface area contributed by atoms with Gasteiger partial charge in [0.15, 0.2) is 11.5 Å². The highest BCUT2D eigenvalue weighted by molar-refractivity contribution is 5.43. The normalized spacial score (nSPS) is 12.0. The van der Waals surface area contributed by atoms with Gasteiger partial charge >= 0.3 is 0 Å². The molecule has 1 atom stereocenters. The van der Waals surface area contributed by atoms with E-state index in [-0.39, 0.29) is 0 Å². The van der Waals surface area contributed by atoms with E-state index in [1.54, 1.807) is 32.5 Å². The number of methoxy groups -OCH3 is 2. The van der Waals surface area contributed by atoms with Gasteiger partial charge in [-0.05, 0) is 36.2 Å². The zero-order chi connectivity index (χ0) is 14.5. The van der Waals surface area contributed by atoms with Crippen molar-refractivity contribution >= 4 is 0 Å². The molecule has 0 amide bonds. The molecule has 1 aromatic heterocycles. The Hall–Kier alpha value is -2.07. The average molecular weight is 273 g/mol. The van der Waals surface area contributed by atoms with Crippen molar-refractivity contribution in [3.05, 3.63) is 53.3 Å². The minimum absolute atomic E-state index is 0.468. The van der Waals surface area contributed by atoms with Gasteiger partial charge in [-0.15, -0.1) is 0 Å². The summed E-state index contributed by atoms with van der Waals surface area (Å²) in [4.78, 5) is 4.30. The fourth-order valence-electron chi connectivity index (χ4n) is 2.00. The molecular weight excluding hydrogens is 254 g/mol. The molecule has 20 heavy (non-hydrogen) atoms. The standard InChI is InChI=1S/C16H19NO3/c1-11-4-6-13(17-10-11)9-14(18)12-5-7-15(19-2)16(8-12)20-3/h4-8,10,14,18H,9H2,1-3H3. The van der Waals surface area contributed by atoms with Crippen molar-refractivity contribution in [1.82, 2.24) is 4.98 Å². The van der Waals surface area contributed by atoms with Gasteiger partial charge < -0.3 is 14.6 Å². The van der Waals surface area contributed by atoms with Crippen LogP contribution in [0.4, 0.5) is 0 Å². The maximum Gasteiger partial charge on any atom is 0.161 e. The van der Waals surface area contributed by atoms with Crippen molar-refractivity contribution in [2.24, 2.45) is 0 Å². The first-order chi connectivity index (χ1) is 9.63. The molecule has 0 fully saturated rings. The number of hydrogen-bond acceptors (Lipinski definition) is 4. The summed E-state index contributed by atoms with van der Waals surface area (Å²) in [6, 6.07) is 9.33. The van der Waals surface area contributed by atoms with E-state index in [2.05, 4.69) is 4.98 Å². The van der Waals surface area contributed by atoms with Crippen LogP contribution in [0.5, 0.6) is 11.5 Å². The molecule has 0 bridgehead atoms. The van der Waals surface area contributed by atoms with Gasteiger partial charge in [-0.25, -0.2) is 0 Å². The van der Waals surface area contributed by atoms with Crippen LogP contribution in [0.2, 0.25) is 0 Å². The number of aliphatic hydroxyl groups is 1. The Morgan fingerprint density at radius 3 is 2.45 bits per heavy atom. The Bertz CT molecular complexity index is 566. The molecule has 0 saturated heterocycles. The lowest BCUT2D eigenvalue weighted by atomic mass is 10.0. The topological polar surface area (TPSA) is 51.6 Å². The van der Waals surface area contributed by atoms with Crippen LogP contribution >= 0.6 is 0 Å². The summed E-state index contributed by atoms with van der Waals surface area (Å²) in [7, 11) is 3.17. The largest absolute Gasteiger partial charge is 0.493 e. The summed E-state index contributed by atoms with van der Waals surface area (Å²) < 4.78 is 10.4. The summed E-state index contributed by atoms with van der Waals surface area (Å²) in [5.74, 6) is 1.26. The van der Waals surface area contributed by atoms with Gasteiger partial charge in [-0.3, -0.25) is 4.98 Å². The minimum Gasteiger partial charge on any atom is -0.493 e. The molecule has 0 radical (unpaired) electrons. The molecule has 4 nitrogen and oxygen atoms in total. The van der Waals surface area contributed by atoms with Crippen molar-refractivity contribution in [1.29, 1.82) is 0 Å². The van der Waals surface area contributed by atoms with Crippen LogP contribution in [0.1, 0.15) is 22.9 Å². The van der Waals surface area contributed by atoms with Gasteiger partial charge in [0.25, 0.3) is 0 Å². The Balaban J connectivity index is 2.16. The van der Waals surface area contributed by atoms with E-state index in [9.17, 15) is 5.11 Å². The van der Waals surface area contributed by atoms with E-state index in [1.165, 1.54) is 0 Å². The fourth-order valence-corrected chi connectivity index (χ4v) is 2.00. The van der Waals surface area contributed by atoms with Gasteiger partial charge in [0.1, 0.15) is 0 Å². The fraction of sp³-hybridized carbons (Fsp3) is 0.312. The van der Waals surface area contributed by atoms with Crippen molar-refractivity contribution in [3.63, 3.8) is 0 Å². The zero-order valence-corrected chi connectivity index (χ0v) is 12.0. The molecule has 0 spiro atoms. The lowest BCUT2D eigenvalue weighted by Gasteiger charge is -2.14. The van der Waals surface area contributed by atoms with Gasteiger partial charge in [-0.2, -0.15) is 0 Å².